The zero-order chi connectivity index (χ0) is 16.2. The topological polar surface area (TPSA) is 70.3 Å². The summed E-state index contributed by atoms with van der Waals surface area (Å²) >= 11 is 0. The number of nitrogens with zero attached hydrogens (tertiary/aromatic N) is 4. The summed E-state index contributed by atoms with van der Waals surface area (Å²) in [5.74, 6) is 1.44. The van der Waals surface area contributed by atoms with E-state index in [1.165, 1.54) is 0 Å². The van der Waals surface area contributed by atoms with Crippen molar-refractivity contribution in [1.29, 1.82) is 0 Å². The molecule has 1 aliphatic rings. The molecular formula is C17H18N4O2. The number of ether oxygens (including phenoxy) is 1. The molecule has 0 amide bonds. The van der Waals surface area contributed by atoms with Gasteiger partial charge in [0.1, 0.15) is 5.75 Å². The summed E-state index contributed by atoms with van der Waals surface area (Å²) in [7, 11) is 0. The Kier molecular flexibility index (Phi) is 4.23. The Hall–Kier alpha value is -2.89. The first kappa shape index (κ1) is 15.0. The second kappa shape index (κ2) is 6.48. The maximum absolute atomic E-state index is 9.42. The van der Waals surface area contributed by atoms with Crippen LogP contribution in [-0.4, -0.2) is 33.8 Å². The molecule has 6 heteroatoms. The van der Waals surface area contributed by atoms with E-state index in [-0.39, 0.29) is 0 Å². The first-order valence-corrected chi connectivity index (χ1v) is 7.42. The Morgan fingerprint density at radius 3 is 2.87 bits per heavy atom. The van der Waals surface area contributed by atoms with Crippen LogP contribution in [-0.2, 0) is 0 Å². The van der Waals surface area contributed by atoms with Gasteiger partial charge in [0.05, 0.1) is 5.56 Å². The molecule has 1 N–H and O–H groups in total. The van der Waals surface area contributed by atoms with Crippen molar-refractivity contribution in [2.24, 2.45) is 10.3 Å². The van der Waals surface area contributed by atoms with Gasteiger partial charge in [0.2, 0.25) is 11.7 Å². The monoisotopic (exact) mass is 310 g/mol. The fourth-order valence-electron chi connectivity index (χ4n) is 2.38. The van der Waals surface area contributed by atoms with Crippen LogP contribution in [0.1, 0.15) is 23.1 Å². The Labute approximate surface area is 134 Å². The van der Waals surface area contributed by atoms with Gasteiger partial charge in [0, 0.05) is 25.4 Å². The minimum Gasteiger partial charge on any atom is -0.438 e. The molecule has 0 atom stereocenters. The molecule has 118 valence electrons. The molecule has 0 aliphatic carbocycles. The van der Waals surface area contributed by atoms with Crippen molar-refractivity contribution in [2.45, 2.75) is 20.3 Å². The van der Waals surface area contributed by atoms with Crippen LogP contribution in [0.15, 0.2) is 46.8 Å². The average molecular weight is 310 g/mol. The number of pyridine rings is 1. The predicted molar refractivity (Wildman–Crippen MR) is 88.4 cm³/mol. The molecule has 1 aliphatic heterocycles. The molecule has 0 saturated carbocycles. The van der Waals surface area contributed by atoms with Gasteiger partial charge in [-0.25, -0.2) is 9.99 Å². The van der Waals surface area contributed by atoms with Gasteiger partial charge in [0.25, 0.3) is 0 Å². The van der Waals surface area contributed by atoms with Crippen LogP contribution in [0.2, 0.25) is 0 Å². The van der Waals surface area contributed by atoms with Crippen LogP contribution in [0.3, 0.4) is 0 Å². The van der Waals surface area contributed by atoms with Gasteiger partial charge < -0.3 is 9.94 Å². The number of aryl methyl sites for hydroxylation is 1. The number of oxime groups is 1. The third kappa shape index (κ3) is 3.01. The van der Waals surface area contributed by atoms with Gasteiger partial charge in [-0.05, 0) is 43.2 Å². The standard InChI is InChI=1S/C17H18N4O2/c1-12-6-3-8-15(13(12)2)23-17-14(7-4-9-18-17)16(20-22)21-11-5-10-19-21/h3-4,6-10,22H,5,11H2,1-2H3/b20-16-. The van der Waals surface area contributed by atoms with Crippen LogP contribution in [0, 0.1) is 13.8 Å². The summed E-state index contributed by atoms with van der Waals surface area (Å²) in [6.07, 6.45) is 4.24. The zero-order valence-electron chi connectivity index (χ0n) is 13.1. The molecule has 0 saturated heterocycles. The molecule has 2 heterocycles. The van der Waals surface area contributed by atoms with Crippen molar-refractivity contribution in [3.8, 4) is 11.6 Å². The summed E-state index contributed by atoms with van der Waals surface area (Å²) in [5.41, 5.74) is 2.78. The largest absolute Gasteiger partial charge is 0.438 e. The summed E-state index contributed by atoms with van der Waals surface area (Å²) in [4.78, 5) is 4.29. The zero-order valence-corrected chi connectivity index (χ0v) is 13.1. The van der Waals surface area contributed by atoms with Gasteiger partial charge in [0.15, 0.2) is 0 Å². The van der Waals surface area contributed by atoms with E-state index < -0.39 is 0 Å². The Morgan fingerprint density at radius 1 is 1.26 bits per heavy atom. The summed E-state index contributed by atoms with van der Waals surface area (Å²) < 4.78 is 5.98. The van der Waals surface area contributed by atoms with Crippen molar-refractivity contribution in [3.63, 3.8) is 0 Å². The number of rotatable bonds is 3. The molecule has 23 heavy (non-hydrogen) atoms. The number of benzene rings is 1. The van der Waals surface area contributed by atoms with Gasteiger partial charge in [-0.2, -0.15) is 5.10 Å². The van der Waals surface area contributed by atoms with Crippen LogP contribution in [0.5, 0.6) is 11.6 Å². The molecular weight excluding hydrogens is 292 g/mol. The Balaban J connectivity index is 1.97. The number of hydrazone groups is 1. The molecule has 0 fully saturated rings. The molecule has 1 aromatic carbocycles. The lowest BCUT2D eigenvalue weighted by Crippen LogP contribution is -2.25. The van der Waals surface area contributed by atoms with Crippen molar-refractivity contribution in [2.75, 3.05) is 6.54 Å². The van der Waals surface area contributed by atoms with Gasteiger partial charge in [-0.15, -0.1) is 0 Å². The summed E-state index contributed by atoms with van der Waals surface area (Å²) in [5, 5.41) is 18.6. The number of amidine groups is 1. The van der Waals surface area contributed by atoms with Crippen molar-refractivity contribution < 1.29 is 9.94 Å². The smallest absolute Gasteiger partial charge is 0.230 e. The van der Waals surface area contributed by atoms with Gasteiger partial charge >= 0.3 is 0 Å². The quantitative estimate of drug-likeness (QED) is 0.408. The lowest BCUT2D eigenvalue weighted by molar-refractivity contribution is 0.304. The molecule has 0 unspecified atom stereocenters. The molecule has 0 spiro atoms. The van der Waals surface area contributed by atoms with Crippen LogP contribution < -0.4 is 4.74 Å². The van der Waals surface area contributed by atoms with E-state index in [1.807, 2.05) is 32.0 Å². The first-order chi connectivity index (χ1) is 11.2. The second-order valence-corrected chi connectivity index (χ2v) is 5.29. The van der Waals surface area contributed by atoms with Crippen LogP contribution in [0.25, 0.3) is 0 Å². The fourth-order valence-corrected chi connectivity index (χ4v) is 2.38. The molecule has 0 bridgehead atoms. The SMILES string of the molecule is Cc1cccc(Oc2ncccc2/C(=N/O)N2CCC=N2)c1C. The minimum absolute atomic E-state index is 0.326. The maximum Gasteiger partial charge on any atom is 0.230 e. The average Bonchev–Trinajstić information content (AvgIpc) is 3.08. The Morgan fingerprint density at radius 2 is 2.13 bits per heavy atom. The molecule has 3 rings (SSSR count). The van der Waals surface area contributed by atoms with E-state index in [9.17, 15) is 5.21 Å². The second-order valence-electron chi connectivity index (χ2n) is 5.29. The van der Waals surface area contributed by atoms with E-state index in [0.29, 0.717) is 23.8 Å². The fraction of sp³-hybridized carbons (Fsp3) is 0.235. The highest BCUT2D eigenvalue weighted by Crippen LogP contribution is 2.28. The van der Waals surface area contributed by atoms with Gasteiger partial charge in [-0.3, -0.25) is 0 Å². The number of aromatic nitrogens is 1. The van der Waals surface area contributed by atoms with Crippen molar-refractivity contribution in [3.05, 3.63) is 53.2 Å². The Bertz CT molecular complexity index is 771. The number of hydrogen-bond acceptors (Lipinski definition) is 5. The maximum atomic E-state index is 9.42. The van der Waals surface area contributed by atoms with E-state index >= 15 is 0 Å². The molecule has 1 aromatic heterocycles. The minimum atomic E-state index is 0.326. The molecule has 2 aromatic rings. The van der Waals surface area contributed by atoms with Crippen LogP contribution >= 0.6 is 0 Å². The van der Waals surface area contributed by atoms with E-state index in [0.717, 1.165) is 23.3 Å². The van der Waals surface area contributed by atoms with E-state index in [2.05, 4.69) is 15.2 Å². The highest BCUT2D eigenvalue weighted by molar-refractivity contribution is 6.01. The van der Waals surface area contributed by atoms with E-state index in [4.69, 9.17) is 4.74 Å². The third-order valence-corrected chi connectivity index (χ3v) is 3.80. The number of hydrogen-bond donors (Lipinski definition) is 1. The summed E-state index contributed by atoms with van der Waals surface area (Å²) in [6, 6.07) is 9.43. The van der Waals surface area contributed by atoms with Gasteiger partial charge in [-0.1, -0.05) is 17.3 Å². The highest BCUT2D eigenvalue weighted by Gasteiger charge is 2.21. The summed E-state index contributed by atoms with van der Waals surface area (Å²) in [6.45, 7) is 4.69. The van der Waals surface area contributed by atoms with Crippen molar-refractivity contribution in [1.82, 2.24) is 9.99 Å². The third-order valence-electron chi connectivity index (χ3n) is 3.80. The van der Waals surface area contributed by atoms with Crippen LogP contribution in [0.4, 0.5) is 0 Å². The first-order valence-electron chi connectivity index (χ1n) is 7.42. The van der Waals surface area contributed by atoms with E-state index in [1.54, 1.807) is 29.6 Å². The highest BCUT2D eigenvalue weighted by atomic mass is 16.5. The van der Waals surface area contributed by atoms with Crippen molar-refractivity contribution >= 4 is 12.1 Å². The normalized spacial score (nSPS) is 14.3. The predicted octanol–water partition coefficient (Wildman–Crippen LogP) is 3.32. The molecule has 6 nitrogen and oxygen atoms in total. The lowest BCUT2D eigenvalue weighted by atomic mass is 10.1. The molecule has 0 radical (unpaired) electrons. The lowest BCUT2D eigenvalue weighted by Gasteiger charge is -2.17.